The zero-order chi connectivity index (χ0) is 19.0. The average molecular weight is 391 g/mol. The molecule has 3 aromatic rings. The molecule has 142 valence electrons. The van der Waals surface area contributed by atoms with E-state index in [4.69, 9.17) is 4.42 Å². The topological polar surface area (TPSA) is 16.4 Å². The first kappa shape index (κ1) is 18.4. The first-order valence-electron chi connectivity index (χ1n) is 9.02. The lowest BCUT2D eigenvalue weighted by Crippen LogP contribution is -2.27. The summed E-state index contributed by atoms with van der Waals surface area (Å²) in [5, 5.41) is 1.23. The third-order valence-electron chi connectivity index (χ3n) is 5.07. The highest BCUT2D eigenvalue weighted by atomic mass is 32.1. The lowest BCUT2D eigenvalue weighted by molar-refractivity contribution is -0.137. The van der Waals surface area contributed by atoms with Gasteiger partial charge in [-0.1, -0.05) is 18.2 Å². The Hall–Kier alpha value is -1.92. The SMILES string of the molecule is FC(F)(F)c1cccc(-c2ccc3oc(CCN4CCC[C@H]4S)cc3c2)c1. The molecule has 1 aliphatic heterocycles. The molecule has 1 aliphatic rings. The first-order chi connectivity index (χ1) is 12.9. The van der Waals surface area contributed by atoms with Gasteiger partial charge in [0.1, 0.15) is 11.3 Å². The third kappa shape index (κ3) is 4.01. The summed E-state index contributed by atoms with van der Waals surface area (Å²) in [4.78, 5) is 2.34. The number of likely N-dealkylation sites (tertiary alicyclic amines) is 1. The molecule has 27 heavy (non-hydrogen) atoms. The Bertz CT molecular complexity index is 950. The van der Waals surface area contributed by atoms with Crippen molar-refractivity contribution >= 4 is 23.6 Å². The number of thiol groups is 1. The monoisotopic (exact) mass is 391 g/mol. The van der Waals surface area contributed by atoms with E-state index in [1.54, 1.807) is 12.1 Å². The molecular weight excluding hydrogens is 371 g/mol. The summed E-state index contributed by atoms with van der Waals surface area (Å²) in [6.07, 6.45) is -1.26. The molecule has 4 rings (SSSR count). The van der Waals surface area contributed by atoms with Gasteiger partial charge >= 0.3 is 6.18 Å². The normalized spacial score (nSPS) is 18.4. The van der Waals surface area contributed by atoms with E-state index in [1.807, 2.05) is 18.2 Å². The Morgan fingerprint density at radius 2 is 1.89 bits per heavy atom. The molecule has 0 saturated carbocycles. The zero-order valence-corrected chi connectivity index (χ0v) is 15.6. The number of hydrogen-bond acceptors (Lipinski definition) is 3. The summed E-state index contributed by atoms with van der Waals surface area (Å²) in [5.74, 6) is 0.888. The van der Waals surface area contributed by atoms with Crippen molar-refractivity contribution in [1.82, 2.24) is 4.90 Å². The van der Waals surface area contributed by atoms with Crippen molar-refractivity contribution in [2.75, 3.05) is 13.1 Å². The second kappa shape index (κ2) is 7.24. The van der Waals surface area contributed by atoms with Crippen molar-refractivity contribution in [2.24, 2.45) is 0 Å². The van der Waals surface area contributed by atoms with E-state index < -0.39 is 11.7 Å². The van der Waals surface area contributed by atoms with Crippen LogP contribution >= 0.6 is 12.6 Å². The number of halogens is 3. The molecule has 0 radical (unpaired) electrons. The maximum atomic E-state index is 13.0. The fraction of sp³-hybridized carbons (Fsp3) is 0.333. The minimum absolute atomic E-state index is 0.321. The summed E-state index contributed by atoms with van der Waals surface area (Å²) in [6.45, 7) is 1.96. The minimum Gasteiger partial charge on any atom is -0.461 e. The van der Waals surface area contributed by atoms with Crippen molar-refractivity contribution < 1.29 is 17.6 Å². The van der Waals surface area contributed by atoms with E-state index in [9.17, 15) is 13.2 Å². The number of nitrogens with zero attached hydrogens (tertiary/aromatic N) is 1. The van der Waals surface area contributed by atoms with Crippen LogP contribution in [0.25, 0.3) is 22.1 Å². The van der Waals surface area contributed by atoms with Gasteiger partial charge in [0, 0.05) is 18.4 Å². The van der Waals surface area contributed by atoms with Gasteiger partial charge < -0.3 is 4.42 Å². The van der Waals surface area contributed by atoms with Crippen molar-refractivity contribution in [3.8, 4) is 11.1 Å². The van der Waals surface area contributed by atoms with Crippen LogP contribution in [0.15, 0.2) is 52.9 Å². The summed E-state index contributed by atoms with van der Waals surface area (Å²) in [7, 11) is 0. The Kier molecular flexibility index (Phi) is 4.95. The summed E-state index contributed by atoms with van der Waals surface area (Å²) in [5.41, 5.74) is 1.41. The average Bonchev–Trinajstić information content (AvgIpc) is 3.24. The highest BCUT2D eigenvalue weighted by Crippen LogP contribution is 2.33. The molecule has 0 spiro atoms. The van der Waals surface area contributed by atoms with E-state index in [1.165, 1.54) is 18.6 Å². The molecule has 1 saturated heterocycles. The van der Waals surface area contributed by atoms with Crippen LogP contribution in [0, 0.1) is 0 Å². The van der Waals surface area contributed by atoms with Crippen LogP contribution < -0.4 is 0 Å². The molecule has 2 heterocycles. The number of rotatable bonds is 4. The van der Waals surface area contributed by atoms with Crippen LogP contribution in [0.2, 0.25) is 0 Å². The van der Waals surface area contributed by atoms with Crippen molar-refractivity contribution in [3.63, 3.8) is 0 Å². The highest BCUT2D eigenvalue weighted by molar-refractivity contribution is 7.80. The number of hydrogen-bond donors (Lipinski definition) is 1. The lowest BCUT2D eigenvalue weighted by Gasteiger charge is -2.19. The van der Waals surface area contributed by atoms with E-state index in [0.29, 0.717) is 10.9 Å². The van der Waals surface area contributed by atoms with Gasteiger partial charge in [0.2, 0.25) is 0 Å². The van der Waals surface area contributed by atoms with E-state index in [0.717, 1.165) is 54.3 Å². The maximum absolute atomic E-state index is 13.0. The summed E-state index contributed by atoms with van der Waals surface area (Å²) < 4.78 is 44.8. The van der Waals surface area contributed by atoms with Gasteiger partial charge in [0.05, 0.1) is 10.9 Å². The van der Waals surface area contributed by atoms with Crippen molar-refractivity contribution in [3.05, 3.63) is 59.9 Å². The van der Waals surface area contributed by atoms with Crippen LogP contribution in [0.1, 0.15) is 24.2 Å². The van der Waals surface area contributed by atoms with Crippen LogP contribution in [0.4, 0.5) is 13.2 Å². The van der Waals surface area contributed by atoms with Gasteiger partial charge in [0.15, 0.2) is 0 Å². The van der Waals surface area contributed by atoms with Crippen LogP contribution in [-0.2, 0) is 12.6 Å². The van der Waals surface area contributed by atoms with Crippen molar-refractivity contribution in [1.29, 1.82) is 0 Å². The number of benzene rings is 2. The Labute approximate surface area is 161 Å². The lowest BCUT2D eigenvalue weighted by atomic mass is 10.0. The molecule has 2 nitrogen and oxygen atoms in total. The van der Waals surface area contributed by atoms with Crippen LogP contribution in [0.3, 0.4) is 0 Å². The number of fused-ring (bicyclic) bond motifs is 1. The van der Waals surface area contributed by atoms with Gasteiger partial charge in [-0.05, 0) is 60.8 Å². The molecule has 1 atom stereocenters. The third-order valence-corrected chi connectivity index (χ3v) is 5.65. The number of alkyl halides is 3. The van der Waals surface area contributed by atoms with Crippen LogP contribution in [-0.4, -0.2) is 23.4 Å². The zero-order valence-electron chi connectivity index (χ0n) is 14.7. The van der Waals surface area contributed by atoms with Gasteiger partial charge in [-0.2, -0.15) is 25.8 Å². The largest absolute Gasteiger partial charge is 0.461 e. The second-order valence-electron chi connectivity index (χ2n) is 6.95. The van der Waals surface area contributed by atoms with E-state index >= 15 is 0 Å². The smallest absolute Gasteiger partial charge is 0.416 e. The maximum Gasteiger partial charge on any atom is 0.416 e. The van der Waals surface area contributed by atoms with Gasteiger partial charge in [-0.25, -0.2) is 0 Å². The highest BCUT2D eigenvalue weighted by Gasteiger charge is 2.30. The quantitative estimate of drug-likeness (QED) is 0.548. The Morgan fingerprint density at radius 3 is 2.63 bits per heavy atom. The van der Waals surface area contributed by atoms with E-state index in [-0.39, 0.29) is 0 Å². The molecule has 0 bridgehead atoms. The Morgan fingerprint density at radius 1 is 1.07 bits per heavy atom. The second-order valence-corrected chi connectivity index (χ2v) is 7.55. The van der Waals surface area contributed by atoms with E-state index in [2.05, 4.69) is 17.5 Å². The predicted octanol–water partition coefficient (Wildman–Crippen LogP) is 6.01. The molecule has 2 aromatic carbocycles. The molecule has 0 aliphatic carbocycles. The molecule has 0 N–H and O–H groups in total. The minimum atomic E-state index is -4.34. The summed E-state index contributed by atoms with van der Waals surface area (Å²) in [6, 6.07) is 12.9. The van der Waals surface area contributed by atoms with Gasteiger partial charge in [-0.3, -0.25) is 4.90 Å². The molecule has 0 unspecified atom stereocenters. The summed E-state index contributed by atoms with van der Waals surface area (Å²) >= 11 is 4.58. The fourth-order valence-electron chi connectivity index (χ4n) is 3.60. The Balaban J connectivity index is 1.56. The molecule has 1 fully saturated rings. The van der Waals surface area contributed by atoms with Gasteiger partial charge in [0.25, 0.3) is 0 Å². The standard InChI is InChI=1S/C21H20F3NOS/c22-21(23,24)17-4-1-3-14(12-17)15-6-7-19-16(11-15)13-18(26-19)8-10-25-9-2-5-20(25)27/h1,3-4,6-7,11-13,20,27H,2,5,8-10H2/t20-/m1/s1. The molecule has 1 aromatic heterocycles. The van der Waals surface area contributed by atoms with Gasteiger partial charge in [-0.15, -0.1) is 0 Å². The molecular formula is C21H20F3NOS. The fourth-order valence-corrected chi connectivity index (χ4v) is 4.01. The molecule has 6 heteroatoms. The van der Waals surface area contributed by atoms with Crippen LogP contribution in [0.5, 0.6) is 0 Å². The number of furan rings is 1. The van der Waals surface area contributed by atoms with Crippen molar-refractivity contribution in [2.45, 2.75) is 30.8 Å². The predicted molar refractivity (Wildman–Crippen MR) is 104 cm³/mol. The first-order valence-corrected chi connectivity index (χ1v) is 9.54. The molecule has 0 amide bonds.